The van der Waals surface area contributed by atoms with Crippen molar-refractivity contribution in [3.8, 4) is 0 Å². The molecule has 1 saturated heterocycles. The predicted molar refractivity (Wildman–Crippen MR) is 80.7 cm³/mol. The lowest BCUT2D eigenvalue weighted by molar-refractivity contribution is 0.132. The maximum Gasteiger partial charge on any atom is 0.0237 e. The number of hydrogen-bond donors (Lipinski definition) is 1. The van der Waals surface area contributed by atoms with Gasteiger partial charge >= 0.3 is 0 Å². The van der Waals surface area contributed by atoms with E-state index in [9.17, 15) is 0 Å². The zero-order chi connectivity index (χ0) is 12.8. The molecule has 0 aliphatic carbocycles. The molecule has 1 aliphatic heterocycles. The van der Waals surface area contributed by atoms with Crippen LogP contribution in [0.3, 0.4) is 0 Å². The van der Waals surface area contributed by atoms with Crippen molar-refractivity contribution in [2.24, 2.45) is 0 Å². The van der Waals surface area contributed by atoms with E-state index >= 15 is 0 Å². The quantitative estimate of drug-likeness (QED) is 0.896. The maximum absolute atomic E-state index is 3.56. The molecule has 0 aromatic heterocycles. The van der Waals surface area contributed by atoms with Crippen LogP contribution in [0.1, 0.15) is 31.2 Å². The Bertz CT molecular complexity index is 367. The van der Waals surface area contributed by atoms with Gasteiger partial charge in [0.1, 0.15) is 0 Å². The predicted octanol–water partition coefficient (Wildman–Crippen LogP) is 3.41. The number of halogens is 1. The first-order valence-corrected chi connectivity index (χ1v) is 7.72. The Balaban J connectivity index is 1.96. The normalized spacial score (nSPS) is 21.1. The van der Waals surface area contributed by atoms with Crippen LogP contribution in [0.15, 0.2) is 28.7 Å². The number of benzene rings is 1. The lowest BCUT2D eigenvalue weighted by Gasteiger charge is -2.36. The van der Waals surface area contributed by atoms with Gasteiger partial charge in [-0.1, -0.05) is 34.5 Å². The number of nitrogens with zero attached hydrogens (tertiary/aromatic N) is 1. The van der Waals surface area contributed by atoms with Crippen LogP contribution in [0.25, 0.3) is 0 Å². The summed E-state index contributed by atoms with van der Waals surface area (Å²) in [5, 5.41) is 3.27. The average Bonchev–Trinajstić information content (AvgIpc) is 2.38. The summed E-state index contributed by atoms with van der Waals surface area (Å²) < 4.78 is 1.18. The average molecular weight is 311 g/mol. The van der Waals surface area contributed by atoms with Crippen LogP contribution in [-0.2, 0) is 6.54 Å². The fourth-order valence-corrected chi connectivity index (χ4v) is 3.22. The summed E-state index contributed by atoms with van der Waals surface area (Å²) in [7, 11) is 2.04. The van der Waals surface area contributed by atoms with Crippen molar-refractivity contribution >= 4 is 15.9 Å². The molecule has 1 aromatic carbocycles. The second-order valence-corrected chi connectivity index (χ2v) is 6.06. The van der Waals surface area contributed by atoms with Gasteiger partial charge in [-0.05, 0) is 57.1 Å². The molecule has 0 saturated carbocycles. The van der Waals surface area contributed by atoms with Crippen LogP contribution in [0.2, 0.25) is 0 Å². The third kappa shape index (κ3) is 4.08. The molecule has 1 N–H and O–H groups in total. The van der Waals surface area contributed by atoms with Gasteiger partial charge in [0.15, 0.2) is 0 Å². The first-order valence-electron chi connectivity index (χ1n) is 6.92. The SMILES string of the molecule is CNCCC1CCCCN1Cc1cccc(Br)c1. The molecule has 2 nitrogen and oxygen atoms in total. The molecule has 1 aromatic rings. The first kappa shape index (κ1) is 14.0. The molecule has 0 radical (unpaired) electrons. The van der Waals surface area contributed by atoms with Crippen molar-refractivity contribution in [3.63, 3.8) is 0 Å². The third-order valence-electron chi connectivity index (χ3n) is 3.75. The number of nitrogens with one attached hydrogen (secondary N) is 1. The molecule has 0 spiro atoms. The Hall–Kier alpha value is -0.380. The van der Waals surface area contributed by atoms with Gasteiger partial charge in [-0.15, -0.1) is 0 Å². The van der Waals surface area contributed by atoms with Crippen LogP contribution < -0.4 is 5.32 Å². The molecular weight excluding hydrogens is 288 g/mol. The number of likely N-dealkylation sites (tertiary alicyclic amines) is 1. The van der Waals surface area contributed by atoms with Gasteiger partial charge in [-0.25, -0.2) is 0 Å². The Morgan fingerprint density at radius 2 is 2.28 bits per heavy atom. The van der Waals surface area contributed by atoms with E-state index in [1.807, 2.05) is 7.05 Å². The minimum Gasteiger partial charge on any atom is -0.320 e. The van der Waals surface area contributed by atoms with E-state index in [1.54, 1.807) is 0 Å². The summed E-state index contributed by atoms with van der Waals surface area (Å²) >= 11 is 3.56. The Morgan fingerprint density at radius 1 is 1.39 bits per heavy atom. The van der Waals surface area contributed by atoms with Crippen molar-refractivity contribution in [1.29, 1.82) is 0 Å². The first-order chi connectivity index (χ1) is 8.79. The Kier molecular flexibility index (Phi) is 5.67. The highest BCUT2D eigenvalue weighted by Crippen LogP contribution is 2.22. The standard InChI is InChI=1S/C15H23BrN2/c1-17-9-8-15-7-2-3-10-18(15)12-13-5-4-6-14(16)11-13/h4-6,11,15,17H,2-3,7-10,12H2,1H3. The fraction of sp³-hybridized carbons (Fsp3) is 0.600. The monoisotopic (exact) mass is 310 g/mol. The van der Waals surface area contributed by atoms with Gasteiger partial charge in [-0.2, -0.15) is 0 Å². The van der Waals surface area contributed by atoms with Gasteiger partial charge in [0.05, 0.1) is 0 Å². The van der Waals surface area contributed by atoms with Crippen LogP contribution in [0, 0.1) is 0 Å². The minimum atomic E-state index is 0.755. The molecule has 2 rings (SSSR count). The van der Waals surface area contributed by atoms with Crippen LogP contribution in [-0.4, -0.2) is 31.1 Å². The molecule has 3 heteroatoms. The highest BCUT2D eigenvalue weighted by atomic mass is 79.9. The number of hydrogen-bond acceptors (Lipinski definition) is 2. The Morgan fingerprint density at radius 3 is 3.06 bits per heavy atom. The fourth-order valence-electron chi connectivity index (χ4n) is 2.78. The molecule has 100 valence electrons. The van der Waals surface area contributed by atoms with Crippen molar-refractivity contribution in [1.82, 2.24) is 10.2 Å². The smallest absolute Gasteiger partial charge is 0.0237 e. The number of piperidine rings is 1. The van der Waals surface area contributed by atoms with Crippen molar-refractivity contribution in [3.05, 3.63) is 34.3 Å². The van der Waals surface area contributed by atoms with Gasteiger partial charge in [-0.3, -0.25) is 4.90 Å². The molecular formula is C15H23BrN2. The molecule has 1 aliphatic rings. The van der Waals surface area contributed by atoms with Gasteiger partial charge in [0.2, 0.25) is 0 Å². The van der Waals surface area contributed by atoms with Crippen molar-refractivity contribution < 1.29 is 0 Å². The molecule has 0 bridgehead atoms. The minimum absolute atomic E-state index is 0.755. The van der Waals surface area contributed by atoms with Gasteiger partial charge in [0, 0.05) is 17.1 Å². The summed E-state index contributed by atoms with van der Waals surface area (Å²) in [6.45, 7) is 3.47. The number of rotatable bonds is 5. The molecule has 1 atom stereocenters. The van der Waals surface area contributed by atoms with E-state index in [0.29, 0.717) is 0 Å². The largest absolute Gasteiger partial charge is 0.320 e. The molecule has 18 heavy (non-hydrogen) atoms. The lowest BCUT2D eigenvalue weighted by Crippen LogP contribution is -2.40. The van der Waals surface area contributed by atoms with E-state index in [1.165, 1.54) is 42.3 Å². The second kappa shape index (κ2) is 7.27. The Labute approximate surface area is 119 Å². The van der Waals surface area contributed by atoms with Crippen LogP contribution >= 0.6 is 15.9 Å². The second-order valence-electron chi connectivity index (χ2n) is 5.14. The van der Waals surface area contributed by atoms with Crippen LogP contribution in [0.5, 0.6) is 0 Å². The zero-order valence-electron chi connectivity index (χ0n) is 11.2. The molecule has 1 unspecified atom stereocenters. The van der Waals surface area contributed by atoms with E-state index in [2.05, 4.69) is 50.4 Å². The van der Waals surface area contributed by atoms with Gasteiger partial charge < -0.3 is 5.32 Å². The highest BCUT2D eigenvalue weighted by Gasteiger charge is 2.21. The highest BCUT2D eigenvalue weighted by molar-refractivity contribution is 9.10. The summed E-state index contributed by atoms with van der Waals surface area (Å²) in [5.74, 6) is 0. The topological polar surface area (TPSA) is 15.3 Å². The van der Waals surface area contributed by atoms with E-state index in [-0.39, 0.29) is 0 Å². The van der Waals surface area contributed by atoms with E-state index in [0.717, 1.165) is 19.1 Å². The zero-order valence-corrected chi connectivity index (χ0v) is 12.7. The van der Waals surface area contributed by atoms with Crippen molar-refractivity contribution in [2.45, 2.75) is 38.3 Å². The maximum atomic E-state index is 3.56. The molecule has 0 amide bonds. The van der Waals surface area contributed by atoms with Crippen molar-refractivity contribution in [2.75, 3.05) is 20.1 Å². The summed E-state index contributed by atoms with van der Waals surface area (Å²) in [4.78, 5) is 2.66. The molecule has 1 heterocycles. The summed E-state index contributed by atoms with van der Waals surface area (Å²) in [6, 6.07) is 9.45. The lowest BCUT2D eigenvalue weighted by atomic mass is 9.98. The summed E-state index contributed by atoms with van der Waals surface area (Å²) in [5.41, 5.74) is 1.42. The van der Waals surface area contributed by atoms with Crippen LogP contribution in [0.4, 0.5) is 0 Å². The van der Waals surface area contributed by atoms with E-state index < -0.39 is 0 Å². The van der Waals surface area contributed by atoms with E-state index in [4.69, 9.17) is 0 Å². The summed E-state index contributed by atoms with van der Waals surface area (Å²) in [6.07, 6.45) is 5.37. The third-order valence-corrected chi connectivity index (χ3v) is 4.24. The van der Waals surface area contributed by atoms with Gasteiger partial charge in [0.25, 0.3) is 0 Å². The molecule has 1 fully saturated rings.